The van der Waals surface area contributed by atoms with E-state index in [1.807, 2.05) is 33.3 Å². The quantitative estimate of drug-likeness (QED) is 0.0212. The highest BCUT2D eigenvalue weighted by molar-refractivity contribution is 7.45. The zero-order chi connectivity index (χ0) is 48.0. The van der Waals surface area contributed by atoms with E-state index in [0.717, 1.165) is 64.2 Å². The third kappa shape index (κ3) is 47.4. The van der Waals surface area contributed by atoms with Crippen LogP contribution in [0.1, 0.15) is 265 Å². The van der Waals surface area contributed by atoms with Crippen LogP contribution in [0.2, 0.25) is 0 Å². The number of phosphoric acid groups is 1. The molecular formula is C55H107N2O7P. The number of nitrogens with zero attached hydrogens (tertiary/aromatic N) is 1. The molecule has 1 N–H and O–H groups in total. The van der Waals surface area contributed by atoms with Crippen LogP contribution in [0.3, 0.4) is 0 Å². The van der Waals surface area contributed by atoms with Gasteiger partial charge in [0.1, 0.15) is 19.3 Å². The van der Waals surface area contributed by atoms with Crippen LogP contribution in [0.4, 0.5) is 0 Å². The molecule has 384 valence electrons. The fourth-order valence-electron chi connectivity index (χ4n) is 8.05. The fourth-order valence-corrected chi connectivity index (χ4v) is 8.77. The Hall–Kier alpha value is -1.51. The van der Waals surface area contributed by atoms with Gasteiger partial charge >= 0.3 is 5.97 Å². The van der Waals surface area contributed by atoms with Crippen LogP contribution in [-0.4, -0.2) is 69.4 Å². The van der Waals surface area contributed by atoms with Crippen molar-refractivity contribution in [2.24, 2.45) is 0 Å². The first-order chi connectivity index (χ1) is 31.4. The van der Waals surface area contributed by atoms with Gasteiger partial charge in [-0.3, -0.25) is 14.2 Å². The molecule has 0 heterocycles. The number of phosphoric ester groups is 1. The monoisotopic (exact) mass is 939 g/mol. The van der Waals surface area contributed by atoms with Crippen LogP contribution in [0.15, 0.2) is 24.3 Å². The van der Waals surface area contributed by atoms with Gasteiger partial charge in [-0.1, -0.05) is 219 Å². The first kappa shape index (κ1) is 63.5. The molecule has 0 aromatic heterocycles. The Kier molecular flexibility index (Phi) is 45.2. The van der Waals surface area contributed by atoms with Crippen LogP contribution in [0, 0.1) is 0 Å². The van der Waals surface area contributed by atoms with Gasteiger partial charge in [-0.25, -0.2) is 0 Å². The Morgan fingerprint density at radius 3 is 1.32 bits per heavy atom. The number of ether oxygens (including phenoxy) is 1. The summed E-state index contributed by atoms with van der Waals surface area (Å²) >= 11 is 0. The van der Waals surface area contributed by atoms with Gasteiger partial charge in [-0.15, -0.1) is 0 Å². The molecule has 3 unspecified atom stereocenters. The standard InChI is InChI=1S/C55H107N2O7P/c1-7-10-13-16-19-22-25-27-28-30-32-35-38-41-44-47-54(58)56-52(51-63-65(60,61)62-50-49-57(4,5)6)53(46-43-40-37-34-31-24-21-18-15-12-9-3)64-55(59)48-45-42-39-36-33-29-26-23-20-17-14-11-8-2/h29,33,43,46,52-53H,7-28,30-32,34-42,44-45,47-51H2,1-6H3,(H-,56,58,60,61)/b33-29-,46-43+. The van der Waals surface area contributed by atoms with E-state index in [1.165, 1.54) is 161 Å². The molecule has 3 atom stereocenters. The maximum absolute atomic E-state index is 13.4. The summed E-state index contributed by atoms with van der Waals surface area (Å²) in [6, 6.07) is -0.886. The Bertz CT molecular complexity index is 1170. The summed E-state index contributed by atoms with van der Waals surface area (Å²) in [5.74, 6) is -0.551. The molecule has 9 nitrogen and oxygen atoms in total. The number of nitrogens with one attached hydrogen (secondary N) is 1. The molecule has 0 saturated carbocycles. The molecule has 10 heteroatoms. The Labute approximate surface area is 403 Å². The number of carbonyl (C=O) groups excluding carboxylic acids is 2. The molecule has 0 aliphatic heterocycles. The third-order valence-electron chi connectivity index (χ3n) is 12.4. The summed E-state index contributed by atoms with van der Waals surface area (Å²) in [7, 11) is 1.19. The van der Waals surface area contributed by atoms with E-state index in [1.54, 1.807) is 0 Å². The van der Waals surface area contributed by atoms with Crippen LogP contribution < -0.4 is 10.2 Å². The lowest BCUT2D eigenvalue weighted by Gasteiger charge is -2.30. The number of hydrogen-bond acceptors (Lipinski definition) is 7. The van der Waals surface area contributed by atoms with Crippen molar-refractivity contribution >= 4 is 19.7 Å². The highest BCUT2D eigenvalue weighted by Gasteiger charge is 2.27. The van der Waals surface area contributed by atoms with Gasteiger partial charge in [0.15, 0.2) is 0 Å². The first-order valence-corrected chi connectivity index (χ1v) is 29.1. The first-order valence-electron chi connectivity index (χ1n) is 27.6. The smallest absolute Gasteiger partial charge is 0.306 e. The van der Waals surface area contributed by atoms with Crippen molar-refractivity contribution in [3.63, 3.8) is 0 Å². The van der Waals surface area contributed by atoms with Crippen molar-refractivity contribution < 1.29 is 37.3 Å². The van der Waals surface area contributed by atoms with Gasteiger partial charge in [0.2, 0.25) is 5.91 Å². The van der Waals surface area contributed by atoms with Gasteiger partial charge in [-0.2, -0.15) is 0 Å². The number of rotatable bonds is 50. The minimum atomic E-state index is -4.69. The molecule has 0 spiro atoms. The Morgan fingerprint density at radius 1 is 0.523 bits per heavy atom. The molecule has 0 aromatic carbocycles. The molecule has 65 heavy (non-hydrogen) atoms. The van der Waals surface area contributed by atoms with E-state index >= 15 is 0 Å². The van der Waals surface area contributed by atoms with E-state index in [2.05, 4.69) is 38.2 Å². The highest BCUT2D eigenvalue weighted by atomic mass is 31.2. The average molecular weight is 939 g/mol. The predicted octanol–water partition coefficient (Wildman–Crippen LogP) is 15.6. The van der Waals surface area contributed by atoms with Gasteiger partial charge in [0.05, 0.1) is 33.8 Å². The van der Waals surface area contributed by atoms with Gasteiger partial charge in [0.25, 0.3) is 7.82 Å². The number of allylic oxidation sites excluding steroid dienone is 3. The molecule has 0 aromatic rings. The van der Waals surface area contributed by atoms with Crippen LogP contribution >= 0.6 is 7.82 Å². The summed E-state index contributed by atoms with van der Waals surface area (Å²) in [5, 5.41) is 3.01. The minimum absolute atomic E-state index is 0.0214. The van der Waals surface area contributed by atoms with Gasteiger partial charge < -0.3 is 28.5 Å². The molecule has 0 aliphatic carbocycles. The zero-order valence-electron chi connectivity index (χ0n) is 43.7. The van der Waals surface area contributed by atoms with Crippen molar-refractivity contribution in [1.29, 1.82) is 0 Å². The second-order valence-corrected chi connectivity index (χ2v) is 21.5. The Balaban J connectivity index is 5.36. The fraction of sp³-hybridized carbons (Fsp3) is 0.891. The highest BCUT2D eigenvalue weighted by Crippen LogP contribution is 2.38. The van der Waals surface area contributed by atoms with Crippen LogP contribution in [-0.2, 0) is 27.9 Å². The molecule has 0 aliphatic rings. The lowest BCUT2D eigenvalue weighted by molar-refractivity contribution is -0.870. The number of quaternary nitrogens is 1. The van der Waals surface area contributed by atoms with E-state index < -0.39 is 20.0 Å². The summed E-state index contributed by atoms with van der Waals surface area (Å²) in [5.41, 5.74) is 0. The molecule has 0 fully saturated rings. The van der Waals surface area contributed by atoms with Gasteiger partial charge in [0, 0.05) is 12.8 Å². The van der Waals surface area contributed by atoms with Crippen molar-refractivity contribution in [3.05, 3.63) is 24.3 Å². The molecule has 0 radical (unpaired) electrons. The second-order valence-electron chi connectivity index (χ2n) is 20.1. The van der Waals surface area contributed by atoms with E-state index in [-0.39, 0.29) is 31.5 Å². The number of unbranched alkanes of at least 4 members (excludes halogenated alkanes) is 32. The van der Waals surface area contributed by atoms with E-state index in [9.17, 15) is 19.0 Å². The summed E-state index contributed by atoms with van der Waals surface area (Å²) in [6.45, 7) is 6.83. The molecule has 0 saturated heterocycles. The number of esters is 1. The zero-order valence-corrected chi connectivity index (χ0v) is 44.6. The van der Waals surface area contributed by atoms with Gasteiger partial charge in [-0.05, 0) is 57.4 Å². The normalized spacial score (nSPS) is 14.0. The average Bonchev–Trinajstić information content (AvgIpc) is 3.26. The van der Waals surface area contributed by atoms with E-state index in [0.29, 0.717) is 23.9 Å². The van der Waals surface area contributed by atoms with Crippen molar-refractivity contribution in [3.8, 4) is 0 Å². The number of likely N-dealkylation sites (N-methyl/N-ethyl adjacent to an activating group) is 1. The van der Waals surface area contributed by atoms with Crippen LogP contribution in [0.5, 0.6) is 0 Å². The minimum Gasteiger partial charge on any atom is -0.756 e. The predicted molar refractivity (Wildman–Crippen MR) is 275 cm³/mol. The third-order valence-corrected chi connectivity index (χ3v) is 13.3. The maximum atomic E-state index is 13.4. The number of hydrogen-bond donors (Lipinski definition) is 1. The summed E-state index contributed by atoms with van der Waals surface area (Å²) in [4.78, 5) is 39.7. The lowest BCUT2D eigenvalue weighted by Crippen LogP contribution is -2.47. The summed E-state index contributed by atoms with van der Waals surface area (Å²) < 4.78 is 30.1. The number of carbonyl (C=O) groups is 2. The van der Waals surface area contributed by atoms with Crippen molar-refractivity contribution in [2.45, 2.75) is 277 Å². The molecule has 0 bridgehead atoms. The molecular weight excluding hydrogens is 832 g/mol. The van der Waals surface area contributed by atoms with Crippen molar-refractivity contribution in [1.82, 2.24) is 5.32 Å². The Morgan fingerprint density at radius 2 is 0.892 bits per heavy atom. The topological polar surface area (TPSA) is 114 Å². The van der Waals surface area contributed by atoms with Crippen LogP contribution in [0.25, 0.3) is 0 Å². The molecule has 0 rings (SSSR count). The van der Waals surface area contributed by atoms with Crippen molar-refractivity contribution in [2.75, 3.05) is 40.9 Å². The SMILES string of the molecule is CCCCCCCC/C=C\CCCCCC(=O)OC(/C=C/CCCCCCCCCCC)C(COP(=O)([O-])OCC[N+](C)(C)C)NC(=O)CCCCCCCCCCCCCCCCC. The molecule has 1 amide bonds. The lowest BCUT2D eigenvalue weighted by atomic mass is 10.0. The largest absolute Gasteiger partial charge is 0.756 e. The maximum Gasteiger partial charge on any atom is 0.306 e. The second kappa shape index (κ2) is 46.2. The number of amides is 1. The summed E-state index contributed by atoms with van der Waals surface area (Å²) in [6.07, 6.45) is 51.4. The van der Waals surface area contributed by atoms with E-state index in [4.69, 9.17) is 13.8 Å².